The van der Waals surface area contributed by atoms with Crippen LogP contribution in [0.25, 0.3) is 0 Å². The van der Waals surface area contributed by atoms with Crippen molar-refractivity contribution in [2.75, 3.05) is 7.05 Å². The summed E-state index contributed by atoms with van der Waals surface area (Å²) in [6, 6.07) is 10.9. The van der Waals surface area contributed by atoms with Gasteiger partial charge in [-0.25, -0.2) is 4.39 Å². The molecule has 0 aliphatic heterocycles. The number of ether oxygens (including phenoxy) is 1. The molecule has 2 aromatic rings. The zero-order valence-corrected chi connectivity index (χ0v) is 14.2. The number of nitrogens with zero attached hydrogens (tertiary/aromatic N) is 1. The number of aliphatic imine (C=N–C) groups is 1. The Morgan fingerprint density at radius 1 is 1.16 bits per heavy atom. The van der Waals surface area contributed by atoms with Crippen LogP contribution in [0.4, 0.5) is 13.2 Å². The van der Waals surface area contributed by atoms with Gasteiger partial charge in [-0.1, -0.05) is 35.9 Å². The molecule has 0 atom stereocenters. The topological polar surface area (TPSA) is 45.7 Å². The molecule has 0 amide bonds. The summed E-state index contributed by atoms with van der Waals surface area (Å²) in [6.45, 7) is -2.27. The Labute approximate surface area is 148 Å². The SMILES string of the molecule is CN=C(NCc1ccc(F)c(Cl)c1)NCc1ccccc1OC(F)F. The summed E-state index contributed by atoms with van der Waals surface area (Å²) in [6.07, 6.45) is 0. The number of guanidine groups is 1. The van der Waals surface area contributed by atoms with Gasteiger partial charge in [-0.3, -0.25) is 4.99 Å². The first kappa shape index (κ1) is 18.9. The summed E-state index contributed by atoms with van der Waals surface area (Å²) < 4.78 is 42.5. The van der Waals surface area contributed by atoms with E-state index in [0.29, 0.717) is 18.1 Å². The molecular weight excluding hydrogens is 355 g/mol. The smallest absolute Gasteiger partial charge is 0.387 e. The third-order valence-electron chi connectivity index (χ3n) is 3.30. The molecule has 0 spiro atoms. The lowest BCUT2D eigenvalue weighted by molar-refractivity contribution is -0.0504. The lowest BCUT2D eigenvalue weighted by Gasteiger charge is -2.14. The Morgan fingerprint density at radius 3 is 2.56 bits per heavy atom. The Bertz CT molecular complexity index is 741. The fourth-order valence-electron chi connectivity index (χ4n) is 2.10. The number of nitrogens with one attached hydrogen (secondary N) is 2. The van der Waals surface area contributed by atoms with Crippen LogP contribution in [0.1, 0.15) is 11.1 Å². The molecule has 4 nitrogen and oxygen atoms in total. The average Bonchev–Trinajstić information content (AvgIpc) is 2.59. The molecule has 0 radical (unpaired) electrons. The Morgan fingerprint density at radius 2 is 1.88 bits per heavy atom. The molecule has 134 valence electrons. The molecule has 0 heterocycles. The van der Waals surface area contributed by atoms with Crippen LogP contribution in [0.3, 0.4) is 0 Å². The molecule has 0 aliphatic carbocycles. The van der Waals surface area contributed by atoms with E-state index in [-0.39, 0.29) is 17.3 Å². The molecule has 0 fully saturated rings. The summed E-state index contributed by atoms with van der Waals surface area (Å²) >= 11 is 5.74. The summed E-state index contributed by atoms with van der Waals surface area (Å²) in [7, 11) is 1.58. The second-order valence-electron chi connectivity index (χ2n) is 5.01. The van der Waals surface area contributed by atoms with Crippen LogP contribution >= 0.6 is 11.6 Å². The quantitative estimate of drug-likeness (QED) is 0.597. The van der Waals surface area contributed by atoms with E-state index in [1.165, 1.54) is 18.2 Å². The molecule has 2 N–H and O–H groups in total. The number of rotatable bonds is 6. The van der Waals surface area contributed by atoms with Crippen molar-refractivity contribution in [3.63, 3.8) is 0 Å². The first-order valence-corrected chi connectivity index (χ1v) is 7.78. The van der Waals surface area contributed by atoms with Crippen LogP contribution in [-0.2, 0) is 13.1 Å². The minimum atomic E-state index is -2.89. The largest absolute Gasteiger partial charge is 0.434 e. The predicted molar refractivity (Wildman–Crippen MR) is 91.5 cm³/mol. The highest BCUT2D eigenvalue weighted by molar-refractivity contribution is 6.30. The van der Waals surface area contributed by atoms with E-state index in [4.69, 9.17) is 11.6 Å². The molecule has 2 aromatic carbocycles. The van der Waals surface area contributed by atoms with Gasteiger partial charge in [0.15, 0.2) is 5.96 Å². The highest BCUT2D eigenvalue weighted by Gasteiger charge is 2.09. The van der Waals surface area contributed by atoms with E-state index < -0.39 is 12.4 Å². The Hall–Kier alpha value is -2.41. The molecule has 0 aliphatic rings. The first-order valence-electron chi connectivity index (χ1n) is 7.40. The maximum atomic E-state index is 13.1. The number of hydrogen-bond acceptors (Lipinski definition) is 2. The van der Waals surface area contributed by atoms with Crippen LogP contribution < -0.4 is 15.4 Å². The number of hydrogen-bond donors (Lipinski definition) is 2. The van der Waals surface area contributed by atoms with Crippen LogP contribution in [0.2, 0.25) is 5.02 Å². The second kappa shape index (κ2) is 9.17. The molecule has 8 heteroatoms. The summed E-state index contributed by atoms with van der Waals surface area (Å²) in [5.41, 5.74) is 1.34. The van der Waals surface area contributed by atoms with Crippen LogP contribution in [0.15, 0.2) is 47.5 Å². The maximum absolute atomic E-state index is 13.1. The minimum Gasteiger partial charge on any atom is -0.434 e. The first-order chi connectivity index (χ1) is 12.0. The van der Waals surface area contributed by atoms with Crippen molar-refractivity contribution in [3.8, 4) is 5.75 Å². The standard InChI is InChI=1S/C17H17ClF3N3O/c1-22-17(23-9-11-6-7-14(19)13(18)8-11)24-10-12-4-2-3-5-15(12)25-16(20)21/h2-8,16H,9-10H2,1H3,(H2,22,23,24). The number of halogens is 4. The van der Waals surface area contributed by atoms with Crippen molar-refractivity contribution < 1.29 is 17.9 Å². The normalized spacial score (nSPS) is 11.5. The number of alkyl halides is 2. The van der Waals surface area contributed by atoms with Gasteiger partial charge in [-0.05, 0) is 23.8 Å². The van der Waals surface area contributed by atoms with Gasteiger partial charge in [-0.2, -0.15) is 8.78 Å². The van der Waals surface area contributed by atoms with Gasteiger partial charge in [0.25, 0.3) is 0 Å². The lowest BCUT2D eigenvalue weighted by Crippen LogP contribution is -2.36. The fraction of sp³-hybridized carbons (Fsp3) is 0.235. The lowest BCUT2D eigenvalue weighted by atomic mass is 10.2. The highest BCUT2D eigenvalue weighted by Crippen LogP contribution is 2.20. The van der Waals surface area contributed by atoms with E-state index in [2.05, 4.69) is 20.4 Å². The average molecular weight is 372 g/mol. The summed E-state index contributed by atoms with van der Waals surface area (Å²) in [5.74, 6) is 0.0710. The summed E-state index contributed by atoms with van der Waals surface area (Å²) in [4.78, 5) is 4.05. The zero-order valence-electron chi connectivity index (χ0n) is 13.4. The molecule has 0 aromatic heterocycles. The molecule has 0 unspecified atom stereocenters. The van der Waals surface area contributed by atoms with Crippen molar-refractivity contribution in [1.29, 1.82) is 0 Å². The van der Waals surface area contributed by atoms with Gasteiger partial charge in [0, 0.05) is 25.7 Å². The molecule has 0 saturated carbocycles. The summed E-state index contributed by atoms with van der Waals surface area (Å²) in [5, 5.41) is 6.08. The van der Waals surface area contributed by atoms with Gasteiger partial charge in [-0.15, -0.1) is 0 Å². The van der Waals surface area contributed by atoms with Gasteiger partial charge in [0.1, 0.15) is 11.6 Å². The van der Waals surface area contributed by atoms with Crippen LogP contribution in [0, 0.1) is 5.82 Å². The van der Waals surface area contributed by atoms with E-state index >= 15 is 0 Å². The van der Waals surface area contributed by atoms with Crippen molar-refractivity contribution in [2.24, 2.45) is 4.99 Å². The third kappa shape index (κ3) is 5.86. The number of benzene rings is 2. The van der Waals surface area contributed by atoms with Gasteiger partial charge in [0.05, 0.1) is 5.02 Å². The van der Waals surface area contributed by atoms with E-state index in [1.54, 1.807) is 31.3 Å². The van der Waals surface area contributed by atoms with Crippen LogP contribution in [0.5, 0.6) is 5.75 Å². The molecule has 25 heavy (non-hydrogen) atoms. The highest BCUT2D eigenvalue weighted by atomic mass is 35.5. The van der Waals surface area contributed by atoms with E-state index in [1.807, 2.05) is 0 Å². The Balaban J connectivity index is 1.93. The van der Waals surface area contributed by atoms with Crippen molar-refractivity contribution in [3.05, 3.63) is 64.4 Å². The molecule has 0 bridgehead atoms. The zero-order chi connectivity index (χ0) is 18.2. The fourth-order valence-corrected chi connectivity index (χ4v) is 2.30. The van der Waals surface area contributed by atoms with Crippen molar-refractivity contribution in [1.82, 2.24) is 10.6 Å². The molecule has 2 rings (SSSR count). The monoisotopic (exact) mass is 371 g/mol. The van der Waals surface area contributed by atoms with Gasteiger partial charge >= 0.3 is 6.61 Å². The maximum Gasteiger partial charge on any atom is 0.387 e. The van der Waals surface area contributed by atoms with Gasteiger partial charge in [0.2, 0.25) is 0 Å². The Kier molecular flexibility index (Phi) is 6.94. The van der Waals surface area contributed by atoms with Gasteiger partial charge < -0.3 is 15.4 Å². The third-order valence-corrected chi connectivity index (χ3v) is 3.59. The minimum absolute atomic E-state index is 0.0420. The molecule has 0 saturated heterocycles. The second-order valence-corrected chi connectivity index (χ2v) is 5.42. The van der Waals surface area contributed by atoms with E-state index in [0.717, 1.165) is 5.56 Å². The van der Waals surface area contributed by atoms with Crippen molar-refractivity contribution in [2.45, 2.75) is 19.7 Å². The predicted octanol–water partition coefficient (Wildman–Crippen LogP) is 3.95. The molecular formula is C17H17ClF3N3O. The number of para-hydroxylation sites is 1. The van der Waals surface area contributed by atoms with Crippen molar-refractivity contribution >= 4 is 17.6 Å². The van der Waals surface area contributed by atoms with E-state index in [9.17, 15) is 13.2 Å². The van der Waals surface area contributed by atoms with Crippen LogP contribution in [-0.4, -0.2) is 19.6 Å².